The van der Waals surface area contributed by atoms with Gasteiger partial charge in [-0.05, 0) is 42.0 Å². The first-order chi connectivity index (χ1) is 24.2. The van der Waals surface area contributed by atoms with E-state index < -0.39 is 23.1 Å². The van der Waals surface area contributed by atoms with Crippen molar-refractivity contribution in [3.63, 3.8) is 0 Å². The van der Waals surface area contributed by atoms with Crippen molar-refractivity contribution in [3.8, 4) is 5.75 Å². The Hall–Kier alpha value is -5.14. The maximum absolute atomic E-state index is 13.6. The number of methoxy groups -OCH3 is 1. The van der Waals surface area contributed by atoms with E-state index in [0.717, 1.165) is 24.5 Å². The number of urea groups is 1. The van der Waals surface area contributed by atoms with Gasteiger partial charge in [-0.3, -0.25) is 18.9 Å². The molecule has 13 nitrogen and oxygen atoms in total. The lowest BCUT2D eigenvalue weighted by molar-refractivity contribution is -0.111. The van der Waals surface area contributed by atoms with Crippen LogP contribution in [0, 0.1) is 0 Å². The average Bonchev–Trinajstić information content (AvgIpc) is 3.50. The summed E-state index contributed by atoms with van der Waals surface area (Å²) < 4.78 is 13.7. The molecule has 1 saturated heterocycles. The van der Waals surface area contributed by atoms with Gasteiger partial charge in [0.05, 0.1) is 12.3 Å². The third kappa shape index (κ3) is 7.64. The van der Waals surface area contributed by atoms with E-state index in [1.165, 1.54) is 6.07 Å². The van der Waals surface area contributed by atoms with Crippen molar-refractivity contribution in [1.82, 2.24) is 35.1 Å². The molecule has 3 N–H and O–H groups in total. The maximum atomic E-state index is 13.6. The van der Waals surface area contributed by atoms with Gasteiger partial charge < -0.3 is 25.4 Å². The van der Waals surface area contributed by atoms with Crippen molar-refractivity contribution in [2.75, 3.05) is 38.6 Å². The number of fused-ring (bicyclic) bond motifs is 2. The molecule has 2 aliphatic rings. The largest absolute Gasteiger partial charge is 0.480 e. The molecular weight excluding hydrogens is 648 g/mol. The highest BCUT2D eigenvalue weighted by molar-refractivity contribution is 5.97. The minimum atomic E-state index is -1.48. The molecule has 0 spiro atoms. The van der Waals surface area contributed by atoms with Crippen molar-refractivity contribution < 1.29 is 23.9 Å². The number of likely N-dealkylation sites (tertiary alicyclic amines) is 1. The lowest BCUT2D eigenvalue weighted by Crippen LogP contribution is -2.53. The summed E-state index contributed by atoms with van der Waals surface area (Å²) in [4.78, 5) is 46.5. The molecule has 0 saturated carbocycles. The predicted octanol–water partition coefficient (Wildman–Crippen LogP) is 4.69. The molecule has 4 aromatic rings. The monoisotopic (exact) mass is 694 g/mol. The molecule has 0 radical (unpaired) electrons. The highest BCUT2D eigenvalue weighted by Gasteiger charge is 2.38. The SMILES string of the molecule is COC1CN(CCNC(=O)c2cc(NC(=O)N[C@@]3(C=O)C=C[C@@H](Oc4ccc5nnc(C(C)(C)C)n5c4)c4ccccc43)cc(C(C)(C)C)n2)C1. The second-order valence-electron chi connectivity index (χ2n) is 15.2. The molecule has 1 aliphatic carbocycles. The number of amides is 3. The van der Waals surface area contributed by atoms with Crippen LogP contribution in [0.25, 0.3) is 5.65 Å². The molecule has 6 rings (SSSR count). The van der Waals surface area contributed by atoms with Crippen molar-refractivity contribution in [2.45, 2.75) is 70.1 Å². The zero-order chi connectivity index (χ0) is 36.6. The van der Waals surface area contributed by atoms with Crippen LogP contribution in [0.15, 0.2) is 66.9 Å². The van der Waals surface area contributed by atoms with Gasteiger partial charge in [-0.15, -0.1) is 10.2 Å². The van der Waals surface area contributed by atoms with Gasteiger partial charge in [-0.2, -0.15) is 0 Å². The Bertz CT molecular complexity index is 1970. The van der Waals surface area contributed by atoms with Gasteiger partial charge in [0.25, 0.3) is 5.91 Å². The number of nitrogens with zero attached hydrogens (tertiary/aromatic N) is 5. The molecular formula is C38H46N8O5. The molecule has 2 atom stereocenters. The molecule has 0 bridgehead atoms. The summed E-state index contributed by atoms with van der Waals surface area (Å²) in [5, 5.41) is 17.3. The number of benzene rings is 1. The number of hydrogen-bond donors (Lipinski definition) is 3. The van der Waals surface area contributed by atoms with E-state index in [0.29, 0.717) is 47.7 Å². The molecule has 13 heteroatoms. The Balaban J connectivity index is 1.19. The molecule has 3 amide bonds. The summed E-state index contributed by atoms with van der Waals surface area (Å²) in [7, 11) is 1.70. The third-order valence-electron chi connectivity index (χ3n) is 9.12. The van der Waals surface area contributed by atoms with Gasteiger partial charge in [0.15, 0.2) is 11.9 Å². The second kappa shape index (κ2) is 13.9. The van der Waals surface area contributed by atoms with Crippen LogP contribution in [0.1, 0.15) is 80.8 Å². The fourth-order valence-electron chi connectivity index (χ4n) is 6.22. The van der Waals surface area contributed by atoms with Crippen molar-refractivity contribution in [1.29, 1.82) is 0 Å². The molecule has 1 fully saturated rings. The number of rotatable bonds is 10. The first-order valence-electron chi connectivity index (χ1n) is 17.1. The number of pyridine rings is 2. The Labute approximate surface area is 297 Å². The van der Waals surface area contributed by atoms with Crippen LogP contribution in [-0.2, 0) is 25.9 Å². The molecule has 0 unspecified atom stereocenters. The van der Waals surface area contributed by atoms with Crippen LogP contribution in [0.4, 0.5) is 10.5 Å². The lowest BCUT2D eigenvalue weighted by Gasteiger charge is -2.38. The summed E-state index contributed by atoms with van der Waals surface area (Å²) in [5.74, 6) is 1.05. The van der Waals surface area contributed by atoms with Gasteiger partial charge >= 0.3 is 6.03 Å². The molecule has 51 heavy (non-hydrogen) atoms. The summed E-state index contributed by atoms with van der Waals surface area (Å²) in [6, 6.07) is 13.7. The normalized spacial score (nSPS) is 19.2. The van der Waals surface area contributed by atoms with Crippen molar-refractivity contribution in [2.24, 2.45) is 0 Å². The van der Waals surface area contributed by atoms with E-state index in [1.54, 1.807) is 31.4 Å². The maximum Gasteiger partial charge on any atom is 0.320 e. The fourth-order valence-corrected chi connectivity index (χ4v) is 6.22. The Morgan fingerprint density at radius 2 is 1.78 bits per heavy atom. The standard InChI is InChI=1S/C38H46N8O5/c1-36(2,3)31-19-24(18-29(41-31)33(48)39-16-17-45-20-26(21-45)50-7)40-35(49)42-38(23-47)15-14-30(27-10-8-9-11-28(27)38)51-25-12-13-32-43-44-34(37(4,5)6)46(32)22-25/h8-15,18-19,22-23,26,30H,16-17,20-21H2,1-7H3,(H,39,48)(H2,40,41,42,49)/t30-,38-/m1/s1. The summed E-state index contributed by atoms with van der Waals surface area (Å²) in [6.45, 7) is 15.0. The van der Waals surface area contributed by atoms with Crippen LogP contribution in [-0.4, -0.2) is 82.1 Å². The van der Waals surface area contributed by atoms with Gasteiger partial charge in [0.2, 0.25) is 0 Å². The summed E-state index contributed by atoms with van der Waals surface area (Å²) in [6.07, 6.45) is 5.67. The molecule has 3 aromatic heterocycles. The van der Waals surface area contributed by atoms with Gasteiger partial charge in [-0.1, -0.05) is 65.8 Å². The Morgan fingerprint density at radius 3 is 2.49 bits per heavy atom. The average molecular weight is 695 g/mol. The molecule has 268 valence electrons. The highest BCUT2D eigenvalue weighted by Crippen LogP contribution is 2.37. The number of nitrogens with one attached hydrogen (secondary N) is 3. The number of aldehydes is 1. The molecule has 1 aromatic carbocycles. The highest BCUT2D eigenvalue weighted by atomic mass is 16.5. The van der Waals surface area contributed by atoms with E-state index in [4.69, 9.17) is 9.47 Å². The number of hydrogen-bond acceptors (Lipinski definition) is 9. The molecule has 4 heterocycles. The predicted molar refractivity (Wildman–Crippen MR) is 193 cm³/mol. The van der Waals surface area contributed by atoms with E-state index in [-0.39, 0.29) is 23.1 Å². The smallest absolute Gasteiger partial charge is 0.320 e. The van der Waals surface area contributed by atoms with Gasteiger partial charge in [0.1, 0.15) is 28.9 Å². The van der Waals surface area contributed by atoms with Crippen molar-refractivity contribution in [3.05, 3.63) is 95.2 Å². The summed E-state index contributed by atoms with van der Waals surface area (Å²) >= 11 is 0. The fraction of sp³-hybridized carbons (Fsp3) is 0.421. The second-order valence-corrected chi connectivity index (χ2v) is 15.2. The van der Waals surface area contributed by atoms with Gasteiger partial charge in [0, 0.05) is 61.1 Å². The minimum absolute atomic E-state index is 0.184. The van der Waals surface area contributed by atoms with Crippen LogP contribution in [0.2, 0.25) is 0 Å². The van der Waals surface area contributed by atoms with E-state index >= 15 is 0 Å². The topological polar surface area (TPSA) is 152 Å². The Kier molecular flexibility index (Phi) is 9.71. The lowest BCUT2D eigenvalue weighted by atomic mass is 9.81. The zero-order valence-corrected chi connectivity index (χ0v) is 30.2. The van der Waals surface area contributed by atoms with Crippen LogP contribution in [0.3, 0.4) is 0 Å². The number of carbonyl (C=O) groups excluding carboxylic acids is 3. The van der Waals surface area contributed by atoms with E-state index in [1.807, 2.05) is 61.7 Å². The molecule has 1 aliphatic heterocycles. The number of carbonyl (C=O) groups is 3. The van der Waals surface area contributed by atoms with E-state index in [9.17, 15) is 14.4 Å². The number of aromatic nitrogens is 4. The number of ether oxygens (including phenoxy) is 2. The van der Waals surface area contributed by atoms with Crippen LogP contribution in [0.5, 0.6) is 5.75 Å². The third-order valence-corrected chi connectivity index (χ3v) is 9.12. The first-order valence-corrected chi connectivity index (χ1v) is 17.1. The quantitative estimate of drug-likeness (QED) is 0.159. The Morgan fingerprint density at radius 1 is 1.02 bits per heavy atom. The first kappa shape index (κ1) is 35.7. The van der Waals surface area contributed by atoms with Crippen molar-refractivity contribution >= 4 is 29.6 Å². The van der Waals surface area contributed by atoms with E-state index in [2.05, 4.69) is 56.8 Å². The van der Waals surface area contributed by atoms with Crippen LogP contribution < -0.4 is 20.7 Å². The zero-order valence-electron chi connectivity index (χ0n) is 30.2. The number of anilines is 1. The van der Waals surface area contributed by atoms with Crippen LogP contribution >= 0.6 is 0 Å². The van der Waals surface area contributed by atoms with Gasteiger partial charge in [-0.25, -0.2) is 9.78 Å². The summed E-state index contributed by atoms with van der Waals surface area (Å²) in [5.41, 5.74) is 1.08. The minimum Gasteiger partial charge on any atom is -0.480 e.